The van der Waals surface area contributed by atoms with Gasteiger partial charge in [0, 0.05) is 6.04 Å². The van der Waals surface area contributed by atoms with Gasteiger partial charge < -0.3 is 15.8 Å². The number of hydrogen-bond acceptors (Lipinski definition) is 3. The molecular formula is C15H20Cl2N2O2. The van der Waals surface area contributed by atoms with Gasteiger partial charge >= 0.3 is 0 Å². The second-order valence-electron chi connectivity index (χ2n) is 5.35. The van der Waals surface area contributed by atoms with Crippen LogP contribution in [0, 0.1) is 5.92 Å². The zero-order valence-corrected chi connectivity index (χ0v) is 13.5. The Hall–Kier alpha value is -0.970. The lowest BCUT2D eigenvalue weighted by Crippen LogP contribution is -2.45. The van der Waals surface area contributed by atoms with Crippen LogP contribution < -0.4 is 15.8 Å². The number of rotatable bonds is 5. The lowest BCUT2D eigenvalue weighted by Gasteiger charge is -2.22. The number of carbonyl (C=O) groups is 1. The van der Waals surface area contributed by atoms with E-state index in [1.165, 1.54) is 0 Å². The van der Waals surface area contributed by atoms with Crippen molar-refractivity contribution in [3.05, 3.63) is 28.2 Å². The third-order valence-electron chi connectivity index (χ3n) is 3.88. The first-order valence-electron chi connectivity index (χ1n) is 7.14. The number of nitrogens with two attached hydrogens (primary N) is 1. The third-order valence-corrected chi connectivity index (χ3v) is 4.68. The molecule has 3 atom stereocenters. The maximum Gasteiger partial charge on any atom is 0.261 e. The molecule has 1 aromatic rings. The molecule has 1 aromatic carbocycles. The van der Waals surface area contributed by atoms with E-state index in [2.05, 4.69) is 5.32 Å². The fourth-order valence-electron chi connectivity index (χ4n) is 2.63. The molecule has 1 saturated carbocycles. The van der Waals surface area contributed by atoms with Crippen LogP contribution in [0.15, 0.2) is 18.2 Å². The van der Waals surface area contributed by atoms with Crippen LogP contribution in [0.3, 0.4) is 0 Å². The van der Waals surface area contributed by atoms with Crippen molar-refractivity contribution in [2.24, 2.45) is 11.7 Å². The molecule has 0 aliphatic heterocycles. The van der Waals surface area contributed by atoms with E-state index in [0.717, 1.165) is 19.3 Å². The molecule has 116 valence electrons. The summed E-state index contributed by atoms with van der Waals surface area (Å²) in [5, 5.41) is 3.74. The summed E-state index contributed by atoms with van der Waals surface area (Å²) in [6.45, 7) is 2.29. The summed E-state index contributed by atoms with van der Waals surface area (Å²) in [5.41, 5.74) is 5.72. The molecule has 6 heteroatoms. The summed E-state index contributed by atoms with van der Waals surface area (Å²) in [5.74, 6) is 0.612. The van der Waals surface area contributed by atoms with Gasteiger partial charge in [0.25, 0.3) is 5.91 Å². The van der Waals surface area contributed by atoms with E-state index in [4.69, 9.17) is 33.7 Å². The Morgan fingerprint density at radius 2 is 2.24 bits per heavy atom. The number of hydrogen-bond donors (Lipinski definition) is 2. The smallest absolute Gasteiger partial charge is 0.261 e. The number of amides is 1. The minimum Gasteiger partial charge on any atom is -0.479 e. The molecule has 0 saturated heterocycles. The molecule has 1 fully saturated rings. The number of nitrogens with one attached hydrogen (secondary N) is 1. The van der Waals surface area contributed by atoms with Crippen molar-refractivity contribution in [1.29, 1.82) is 0 Å². The first kappa shape index (κ1) is 16.4. The highest BCUT2D eigenvalue weighted by Crippen LogP contribution is 2.32. The van der Waals surface area contributed by atoms with E-state index in [1.807, 2.05) is 0 Å². The molecule has 4 nitrogen and oxygen atoms in total. The SMILES string of the molecule is CC(Oc1cccc(Cl)c1Cl)C(=O)NC1CCCC1CN. The van der Waals surface area contributed by atoms with E-state index < -0.39 is 6.10 Å². The molecule has 1 aliphatic carbocycles. The van der Waals surface area contributed by atoms with Crippen LogP contribution in [-0.4, -0.2) is 24.6 Å². The van der Waals surface area contributed by atoms with Crippen molar-refractivity contribution in [2.75, 3.05) is 6.54 Å². The van der Waals surface area contributed by atoms with E-state index in [1.54, 1.807) is 25.1 Å². The first-order chi connectivity index (χ1) is 10.0. The van der Waals surface area contributed by atoms with Gasteiger partial charge in [0.1, 0.15) is 10.8 Å². The van der Waals surface area contributed by atoms with Crippen LogP contribution in [0.5, 0.6) is 5.75 Å². The largest absolute Gasteiger partial charge is 0.479 e. The van der Waals surface area contributed by atoms with Crippen molar-refractivity contribution in [2.45, 2.75) is 38.3 Å². The molecule has 2 rings (SSSR count). The Labute approximate surface area is 134 Å². The van der Waals surface area contributed by atoms with Crippen LogP contribution >= 0.6 is 23.2 Å². The fraction of sp³-hybridized carbons (Fsp3) is 0.533. The highest BCUT2D eigenvalue weighted by molar-refractivity contribution is 6.42. The predicted octanol–water partition coefficient (Wildman–Crippen LogP) is 3.00. The molecule has 0 aromatic heterocycles. The lowest BCUT2D eigenvalue weighted by atomic mass is 10.0. The van der Waals surface area contributed by atoms with E-state index >= 15 is 0 Å². The highest BCUT2D eigenvalue weighted by atomic mass is 35.5. The number of carbonyl (C=O) groups excluding carboxylic acids is 1. The Balaban J connectivity index is 1.95. The fourth-order valence-corrected chi connectivity index (χ4v) is 2.96. The van der Waals surface area contributed by atoms with Gasteiger partial charge in [-0.2, -0.15) is 0 Å². The van der Waals surface area contributed by atoms with E-state index in [9.17, 15) is 4.79 Å². The van der Waals surface area contributed by atoms with Gasteiger partial charge in [-0.25, -0.2) is 0 Å². The molecule has 0 spiro atoms. The van der Waals surface area contributed by atoms with Gasteiger partial charge in [0.2, 0.25) is 0 Å². The second kappa shape index (κ2) is 7.34. The predicted molar refractivity (Wildman–Crippen MR) is 84.9 cm³/mol. The summed E-state index contributed by atoms with van der Waals surface area (Å²) in [7, 11) is 0. The van der Waals surface area contributed by atoms with Gasteiger partial charge in [0.15, 0.2) is 6.10 Å². The van der Waals surface area contributed by atoms with Gasteiger partial charge in [-0.3, -0.25) is 4.79 Å². The van der Waals surface area contributed by atoms with Gasteiger partial charge in [0.05, 0.1) is 5.02 Å². The summed E-state index contributed by atoms with van der Waals surface area (Å²) in [6, 6.07) is 5.24. The molecule has 0 radical (unpaired) electrons. The van der Waals surface area contributed by atoms with Crippen molar-refractivity contribution >= 4 is 29.1 Å². The number of ether oxygens (including phenoxy) is 1. The summed E-state index contributed by atoms with van der Waals surface area (Å²) in [4.78, 5) is 12.2. The minimum atomic E-state index is -0.639. The normalized spacial score (nSPS) is 22.9. The Kier molecular flexibility index (Phi) is 5.73. The first-order valence-corrected chi connectivity index (χ1v) is 7.89. The van der Waals surface area contributed by atoms with E-state index in [-0.39, 0.29) is 11.9 Å². The Bertz CT molecular complexity index is 510. The van der Waals surface area contributed by atoms with Crippen LogP contribution in [-0.2, 0) is 4.79 Å². The van der Waals surface area contributed by atoms with Crippen molar-refractivity contribution in [3.8, 4) is 5.75 Å². The quantitative estimate of drug-likeness (QED) is 0.872. The molecule has 3 unspecified atom stereocenters. The molecule has 0 heterocycles. The Morgan fingerprint density at radius 3 is 2.95 bits per heavy atom. The zero-order valence-electron chi connectivity index (χ0n) is 11.9. The van der Waals surface area contributed by atoms with Crippen molar-refractivity contribution in [3.63, 3.8) is 0 Å². The lowest BCUT2D eigenvalue weighted by molar-refractivity contribution is -0.128. The van der Waals surface area contributed by atoms with E-state index in [0.29, 0.717) is 28.3 Å². The molecule has 1 amide bonds. The molecule has 21 heavy (non-hydrogen) atoms. The number of benzene rings is 1. The Morgan fingerprint density at radius 1 is 1.48 bits per heavy atom. The maximum atomic E-state index is 12.2. The second-order valence-corrected chi connectivity index (χ2v) is 6.14. The van der Waals surface area contributed by atoms with Crippen LogP contribution in [0.25, 0.3) is 0 Å². The van der Waals surface area contributed by atoms with Crippen LogP contribution in [0.2, 0.25) is 10.0 Å². The van der Waals surface area contributed by atoms with Crippen LogP contribution in [0.4, 0.5) is 0 Å². The molecule has 3 N–H and O–H groups in total. The number of halogens is 2. The maximum absolute atomic E-state index is 12.2. The summed E-state index contributed by atoms with van der Waals surface area (Å²) >= 11 is 12.0. The van der Waals surface area contributed by atoms with Gasteiger partial charge in [-0.1, -0.05) is 35.7 Å². The van der Waals surface area contributed by atoms with Gasteiger partial charge in [-0.05, 0) is 44.4 Å². The summed E-state index contributed by atoms with van der Waals surface area (Å²) in [6.07, 6.45) is 2.50. The molecule has 1 aliphatic rings. The van der Waals surface area contributed by atoms with Crippen LogP contribution in [0.1, 0.15) is 26.2 Å². The average Bonchev–Trinajstić information content (AvgIpc) is 2.91. The average molecular weight is 331 g/mol. The highest BCUT2D eigenvalue weighted by Gasteiger charge is 2.29. The molecule has 0 bridgehead atoms. The topological polar surface area (TPSA) is 64.3 Å². The third kappa shape index (κ3) is 4.02. The molecular weight excluding hydrogens is 311 g/mol. The standard InChI is InChI=1S/C15H20Cl2N2O2/c1-9(21-13-7-3-5-11(16)14(13)17)15(20)19-12-6-2-4-10(12)8-18/h3,5,7,9-10,12H,2,4,6,8,18H2,1H3,(H,19,20). The zero-order chi connectivity index (χ0) is 15.4. The van der Waals surface area contributed by atoms with Gasteiger partial charge in [-0.15, -0.1) is 0 Å². The summed E-state index contributed by atoms with van der Waals surface area (Å²) < 4.78 is 5.61. The van der Waals surface area contributed by atoms with Crippen molar-refractivity contribution in [1.82, 2.24) is 5.32 Å². The van der Waals surface area contributed by atoms with Crippen molar-refractivity contribution < 1.29 is 9.53 Å². The monoisotopic (exact) mass is 330 g/mol. The minimum absolute atomic E-state index is 0.142.